The molecule has 0 aromatic heterocycles. The van der Waals surface area contributed by atoms with Gasteiger partial charge < -0.3 is 36.4 Å². The van der Waals surface area contributed by atoms with Crippen LogP contribution in [0.4, 0.5) is 0 Å². The quantitative estimate of drug-likeness (QED) is 0.172. The zero-order chi connectivity index (χ0) is 24.8. The number of hydrogen-bond donors (Lipinski definition) is 7. The molecule has 1 aromatic rings. The normalized spacial score (nSPS) is 34.9. The van der Waals surface area contributed by atoms with Gasteiger partial charge in [0.05, 0.1) is 40.7 Å². The number of Topliss-reactive ketones (excluding diaryl/α,β-unsaturated/α-hetero) is 2. The van der Waals surface area contributed by atoms with Crippen LogP contribution in [0.2, 0.25) is 0 Å². The van der Waals surface area contributed by atoms with Crippen molar-refractivity contribution in [3.8, 4) is 5.75 Å². The Morgan fingerprint density at radius 1 is 1.12 bits per heavy atom. The molecule has 4 rings (SSSR count). The molecule has 0 radical (unpaired) electrons. The summed E-state index contributed by atoms with van der Waals surface area (Å²) < 4.78 is 0. The third kappa shape index (κ3) is 3.12. The van der Waals surface area contributed by atoms with Gasteiger partial charge in [-0.2, -0.15) is 0 Å². The maximum absolute atomic E-state index is 13.3. The number of likely N-dealkylation sites (N-methyl/N-ethyl adjacent to an activating group) is 1. The third-order valence-corrected chi connectivity index (χ3v) is 7.04. The molecule has 0 spiro atoms. The summed E-state index contributed by atoms with van der Waals surface area (Å²) in [4.78, 5) is 39.8. The number of rotatable bonds is 2. The predicted molar refractivity (Wildman–Crippen MR) is 119 cm³/mol. The van der Waals surface area contributed by atoms with Crippen molar-refractivity contribution in [1.82, 2.24) is 4.90 Å². The fraction of sp³-hybridized carbons (Fsp3) is 0.409. The van der Waals surface area contributed by atoms with E-state index in [2.05, 4.69) is 0 Å². The van der Waals surface area contributed by atoms with E-state index in [1.807, 2.05) is 0 Å². The van der Waals surface area contributed by atoms with Crippen molar-refractivity contribution in [2.75, 3.05) is 14.1 Å². The van der Waals surface area contributed by atoms with E-state index in [-0.39, 0.29) is 48.9 Å². The Hall–Kier alpha value is -1.99. The van der Waals surface area contributed by atoms with Gasteiger partial charge >= 0.3 is 37.7 Å². The molecule has 1 amide bonds. The molecule has 8 N–H and O–H groups in total. The molecule has 0 saturated carbocycles. The van der Waals surface area contributed by atoms with Gasteiger partial charge in [-0.05, 0) is 32.6 Å². The van der Waals surface area contributed by atoms with Gasteiger partial charge in [-0.15, -0.1) is 0 Å². The van der Waals surface area contributed by atoms with Crippen LogP contribution in [0.15, 0.2) is 40.9 Å². The van der Waals surface area contributed by atoms with Gasteiger partial charge in [0.15, 0.2) is 11.4 Å². The van der Waals surface area contributed by atoms with Gasteiger partial charge in [0.1, 0.15) is 22.8 Å². The number of carbonyl (C=O) groups excluding carboxylic acids is 3. The van der Waals surface area contributed by atoms with E-state index in [9.17, 15) is 45.0 Å². The van der Waals surface area contributed by atoms with Crippen molar-refractivity contribution in [3.63, 3.8) is 0 Å². The molecule has 12 heteroatoms. The molecule has 3 aliphatic rings. The topological polar surface area (TPSA) is 202 Å². The maximum atomic E-state index is 13.3. The summed E-state index contributed by atoms with van der Waals surface area (Å²) in [7, 11) is 2.85. The van der Waals surface area contributed by atoms with E-state index in [0.717, 1.165) is 0 Å². The minimum absolute atomic E-state index is 0. The fourth-order valence-electron chi connectivity index (χ4n) is 5.60. The van der Waals surface area contributed by atoms with Crippen molar-refractivity contribution in [2.24, 2.45) is 17.6 Å². The first kappa shape index (κ1) is 26.6. The van der Waals surface area contributed by atoms with Crippen LogP contribution in [0.1, 0.15) is 22.8 Å². The summed E-state index contributed by atoms with van der Waals surface area (Å²) in [5.41, 5.74) is -1.88. The number of phenols is 1. The van der Waals surface area contributed by atoms with Crippen molar-refractivity contribution in [2.45, 2.75) is 30.3 Å². The van der Waals surface area contributed by atoms with Gasteiger partial charge in [0.25, 0.3) is 5.91 Å². The molecule has 34 heavy (non-hydrogen) atoms. The van der Waals surface area contributed by atoms with E-state index >= 15 is 0 Å². The molecule has 0 saturated heterocycles. The molecule has 0 bridgehead atoms. The van der Waals surface area contributed by atoms with Crippen LogP contribution in [0.25, 0.3) is 0 Å². The first-order valence-electron chi connectivity index (χ1n) is 10.1. The number of hydrogen-bond acceptors (Lipinski definition) is 10. The van der Waals surface area contributed by atoms with Gasteiger partial charge in [0, 0.05) is 0 Å². The number of fused-ring (bicyclic) bond motifs is 3. The van der Waals surface area contributed by atoms with Gasteiger partial charge in [-0.3, -0.25) is 19.3 Å². The molecule has 3 aliphatic carbocycles. The number of primary amides is 1. The minimum atomic E-state index is -3.02. The van der Waals surface area contributed by atoms with Gasteiger partial charge in [-0.1, -0.05) is 12.1 Å². The molecular formula is C22H26CaN2O9. The summed E-state index contributed by atoms with van der Waals surface area (Å²) >= 11 is 0. The molecular weight excluding hydrogens is 476 g/mol. The van der Waals surface area contributed by atoms with Crippen LogP contribution >= 0.6 is 0 Å². The molecule has 0 fully saturated rings. The molecule has 0 heterocycles. The fourth-order valence-corrected chi connectivity index (χ4v) is 5.60. The van der Waals surface area contributed by atoms with Gasteiger partial charge in [0.2, 0.25) is 5.78 Å². The third-order valence-electron chi connectivity index (χ3n) is 7.04. The Labute approximate surface area is 223 Å². The average molecular weight is 503 g/mol. The Bertz CT molecular complexity index is 1190. The summed E-state index contributed by atoms with van der Waals surface area (Å²) in [5.74, 6) is -9.66. The van der Waals surface area contributed by atoms with E-state index in [0.29, 0.717) is 0 Å². The molecule has 1 aromatic carbocycles. The van der Waals surface area contributed by atoms with E-state index in [4.69, 9.17) is 5.73 Å². The van der Waals surface area contributed by atoms with E-state index in [1.54, 1.807) is 0 Å². The number of nitrogens with zero attached hydrogens (tertiary/aromatic N) is 1. The number of ketones is 2. The number of amides is 1. The number of nitrogens with two attached hydrogens (primary N) is 1. The standard InChI is InChI=1S/C22H24N2O9.Ca.2H/c1-21(32)7-5-4-6-8(25)9(7)15(26)10-12(21)17(28)13-14(24(2)3)16(27)11(20(23)31)19(30)22(13,33)18(10)29;;;/h4-6,12-14,17,25,27-29,32-33H,1-3H3,(H2,23,31);;;/t12-,13-,14+,17+,21-,22+;;;/m1.../s1. The van der Waals surface area contributed by atoms with Crippen LogP contribution in [0.5, 0.6) is 5.75 Å². The average Bonchev–Trinajstić information content (AvgIpc) is 2.70. The van der Waals surface area contributed by atoms with E-state index < -0.39 is 81.1 Å². The second kappa shape index (κ2) is 8.30. The van der Waals surface area contributed by atoms with Gasteiger partial charge in [-0.25, -0.2) is 0 Å². The summed E-state index contributed by atoms with van der Waals surface area (Å²) in [6.45, 7) is 1.25. The predicted octanol–water partition coefficient (Wildman–Crippen LogP) is -2.16. The first-order chi connectivity index (χ1) is 15.2. The van der Waals surface area contributed by atoms with Crippen LogP contribution in [-0.4, -0.2) is 123 Å². The zero-order valence-corrected chi connectivity index (χ0v) is 18.0. The summed E-state index contributed by atoms with van der Waals surface area (Å²) in [5, 5.41) is 66.5. The summed E-state index contributed by atoms with van der Waals surface area (Å²) in [6.07, 6.45) is -1.87. The van der Waals surface area contributed by atoms with Crippen LogP contribution in [0.3, 0.4) is 0 Å². The second-order valence-electron chi connectivity index (χ2n) is 9.06. The monoisotopic (exact) mass is 502 g/mol. The number of phenolic OH excluding ortho intramolecular Hbond substituents is 1. The molecule has 11 nitrogen and oxygen atoms in total. The number of aliphatic hydroxyl groups excluding tert-OH is 3. The number of aromatic hydroxyl groups is 1. The molecule has 0 unspecified atom stereocenters. The second-order valence-corrected chi connectivity index (χ2v) is 9.06. The Kier molecular flexibility index (Phi) is 6.50. The summed E-state index contributed by atoms with van der Waals surface area (Å²) in [6, 6.07) is 2.54. The zero-order valence-electron chi connectivity index (χ0n) is 18.0. The number of benzene rings is 1. The Balaban J connectivity index is 0.00000324. The van der Waals surface area contributed by atoms with Crippen molar-refractivity contribution in [3.05, 3.63) is 52.0 Å². The van der Waals surface area contributed by atoms with Crippen LogP contribution in [0, 0.1) is 11.8 Å². The SMILES string of the molecule is CN(C)[C@@H]1C(O)=C(C(N)=O)C(=O)[C@@]2(O)C(O)=C3C(=O)c4c(O)cccc4[C@@](C)(O)[C@H]3[C@H](O)[C@@H]12.[CaH2]. The van der Waals surface area contributed by atoms with Crippen molar-refractivity contribution < 1.29 is 45.0 Å². The van der Waals surface area contributed by atoms with E-state index in [1.165, 1.54) is 44.1 Å². The molecule has 0 aliphatic heterocycles. The van der Waals surface area contributed by atoms with Crippen molar-refractivity contribution in [1.29, 1.82) is 0 Å². The Morgan fingerprint density at radius 3 is 2.24 bits per heavy atom. The van der Waals surface area contributed by atoms with Crippen molar-refractivity contribution >= 4 is 55.2 Å². The molecule has 180 valence electrons. The van der Waals surface area contributed by atoms with Crippen LogP contribution < -0.4 is 5.73 Å². The Morgan fingerprint density at radius 2 is 1.71 bits per heavy atom. The molecule has 6 atom stereocenters. The van der Waals surface area contributed by atoms with Crippen LogP contribution in [-0.2, 0) is 15.2 Å². The first-order valence-corrected chi connectivity index (χ1v) is 10.1. The number of aliphatic hydroxyl groups is 5. The number of carbonyl (C=O) groups is 3.